The van der Waals surface area contributed by atoms with Crippen LogP contribution in [0.3, 0.4) is 0 Å². The third-order valence-corrected chi connectivity index (χ3v) is 7.78. The van der Waals surface area contributed by atoms with Gasteiger partial charge in [-0.15, -0.1) is 0 Å². The first-order chi connectivity index (χ1) is 8.62. The molecule has 0 amide bonds. The molecule has 0 aromatic carbocycles. The SMILES string of the molecule is CCNC(CC(CC)CC)C1CSC(C)C(C)S1. The topological polar surface area (TPSA) is 12.0 Å². The molecule has 1 nitrogen and oxygen atoms in total. The van der Waals surface area contributed by atoms with Crippen LogP contribution in [-0.4, -0.2) is 34.1 Å². The van der Waals surface area contributed by atoms with Gasteiger partial charge in [-0.25, -0.2) is 0 Å². The van der Waals surface area contributed by atoms with Gasteiger partial charge in [-0.2, -0.15) is 23.5 Å². The van der Waals surface area contributed by atoms with Crippen molar-refractivity contribution in [3.05, 3.63) is 0 Å². The molecule has 0 spiro atoms. The third kappa shape index (κ3) is 4.97. The van der Waals surface area contributed by atoms with E-state index in [9.17, 15) is 0 Å². The number of thioether (sulfide) groups is 2. The predicted octanol–water partition coefficient (Wildman–Crippen LogP) is 4.42. The van der Waals surface area contributed by atoms with Gasteiger partial charge in [0.1, 0.15) is 0 Å². The lowest BCUT2D eigenvalue weighted by Crippen LogP contribution is -2.44. The van der Waals surface area contributed by atoms with Gasteiger partial charge in [-0.1, -0.05) is 47.5 Å². The quantitative estimate of drug-likeness (QED) is 0.745. The van der Waals surface area contributed by atoms with Crippen LogP contribution in [0.4, 0.5) is 0 Å². The van der Waals surface area contributed by atoms with Crippen LogP contribution in [0.5, 0.6) is 0 Å². The highest BCUT2D eigenvalue weighted by Crippen LogP contribution is 2.38. The Morgan fingerprint density at radius 2 is 1.78 bits per heavy atom. The van der Waals surface area contributed by atoms with Crippen molar-refractivity contribution < 1.29 is 0 Å². The first-order valence-electron chi connectivity index (χ1n) is 7.62. The van der Waals surface area contributed by atoms with Crippen LogP contribution < -0.4 is 5.32 Å². The molecule has 18 heavy (non-hydrogen) atoms. The predicted molar refractivity (Wildman–Crippen MR) is 88.9 cm³/mol. The molecule has 1 saturated heterocycles. The van der Waals surface area contributed by atoms with Gasteiger partial charge in [-0.3, -0.25) is 0 Å². The second kappa shape index (κ2) is 8.76. The number of hydrogen-bond donors (Lipinski definition) is 1. The zero-order chi connectivity index (χ0) is 13.5. The van der Waals surface area contributed by atoms with Crippen molar-refractivity contribution in [2.24, 2.45) is 5.92 Å². The fourth-order valence-corrected chi connectivity index (χ4v) is 5.77. The fraction of sp³-hybridized carbons (Fsp3) is 1.00. The van der Waals surface area contributed by atoms with Crippen molar-refractivity contribution in [3.63, 3.8) is 0 Å². The van der Waals surface area contributed by atoms with E-state index in [0.29, 0.717) is 6.04 Å². The van der Waals surface area contributed by atoms with Gasteiger partial charge in [-0.05, 0) is 18.9 Å². The minimum Gasteiger partial charge on any atom is -0.313 e. The lowest BCUT2D eigenvalue weighted by molar-refractivity contribution is 0.368. The van der Waals surface area contributed by atoms with Gasteiger partial charge in [0.05, 0.1) is 0 Å². The number of hydrogen-bond acceptors (Lipinski definition) is 3. The van der Waals surface area contributed by atoms with Crippen LogP contribution in [0.15, 0.2) is 0 Å². The highest BCUT2D eigenvalue weighted by atomic mass is 32.2. The molecule has 0 bridgehead atoms. The summed E-state index contributed by atoms with van der Waals surface area (Å²) in [7, 11) is 0. The Kier molecular flexibility index (Phi) is 8.13. The minimum atomic E-state index is 0.715. The molecule has 0 aromatic rings. The average Bonchev–Trinajstić information content (AvgIpc) is 2.38. The van der Waals surface area contributed by atoms with Crippen LogP contribution in [0.25, 0.3) is 0 Å². The molecule has 1 heterocycles. The van der Waals surface area contributed by atoms with Gasteiger partial charge in [0, 0.05) is 27.5 Å². The van der Waals surface area contributed by atoms with E-state index in [2.05, 4.69) is 63.5 Å². The Labute approximate surface area is 123 Å². The maximum Gasteiger partial charge on any atom is 0.0294 e. The molecule has 4 atom stereocenters. The normalized spacial score (nSPS) is 30.7. The molecular formula is C15H31NS2. The van der Waals surface area contributed by atoms with E-state index in [1.54, 1.807) is 0 Å². The molecule has 108 valence electrons. The highest BCUT2D eigenvalue weighted by Gasteiger charge is 2.31. The zero-order valence-corrected chi connectivity index (χ0v) is 14.4. The van der Waals surface area contributed by atoms with Gasteiger partial charge in [0.25, 0.3) is 0 Å². The Morgan fingerprint density at radius 1 is 1.11 bits per heavy atom. The van der Waals surface area contributed by atoms with E-state index in [-0.39, 0.29) is 0 Å². The second-order valence-electron chi connectivity index (χ2n) is 5.50. The van der Waals surface area contributed by atoms with Crippen LogP contribution in [0, 0.1) is 5.92 Å². The Balaban J connectivity index is 2.55. The molecule has 1 N–H and O–H groups in total. The van der Waals surface area contributed by atoms with Crippen molar-refractivity contribution in [2.45, 2.75) is 75.7 Å². The first kappa shape index (κ1) is 16.7. The van der Waals surface area contributed by atoms with Crippen molar-refractivity contribution in [3.8, 4) is 0 Å². The maximum atomic E-state index is 3.75. The van der Waals surface area contributed by atoms with Crippen LogP contribution in [-0.2, 0) is 0 Å². The van der Waals surface area contributed by atoms with Crippen molar-refractivity contribution in [1.82, 2.24) is 5.32 Å². The monoisotopic (exact) mass is 289 g/mol. The summed E-state index contributed by atoms with van der Waals surface area (Å²) >= 11 is 4.39. The molecule has 0 aromatic heterocycles. The van der Waals surface area contributed by atoms with E-state index in [0.717, 1.165) is 28.2 Å². The van der Waals surface area contributed by atoms with Crippen molar-refractivity contribution in [1.29, 1.82) is 0 Å². The van der Waals surface area contributed by atoms with Crippen LogP contribution in [0.2, 0.25) is 0 Å². The van der Waals surface area contributed by atoms with Gasteiger partial charge in [0.2, 0.25) is 0 Å². The van der Waals surface area contributed by atoms with E-state index >= 15 is 0 Å². The van der Waals surface area contributed by atoms with Gasteiger partial charge in [0.15, 0.2) is 0 Å². The molecule has 1 aliphatic rings. The van der Waals surface area contributed by atoms with E-state index in [1.165, 1.54) is 25.0 Å². The van der Waals surface area contributed by atoms with E-state index in [1.807, 2.05) is 0 Å². The molecule has 0 aliphatic carbocycles. The van der Waals surface area contributed by atoms with E-state index < -0.39 is 0 Å². The fourth-order valence-electron chi connectivity index (χ4n) is 2.63. The summed E-state index contributed by atoms with van der Waals surface area (Å²) in [5.41, 5.74) is 0. The second-order valence-corrected chi connectivity index (χ2v) is 8.53. The molecule has 1 fully saturated rings. The molecular weight excluding hydrogens is 258 g/mol. The third-order valence-electron chi connectivity index (χ3n) is 4.23. The summed E-state index contributed by atoms with van der Waals surface area (Å²) in [6.07, 6.45) is 4.02. The molecule has 0 radical (unpaired) electrons. The summed E-state index contributed by atoms with van der Waals surface area (Å²) in [5.74, 6) is 2.22. The van der Waals surface area contributed by atoms with Gasteiger partial charge < -0.3 is 5.32 Å². The summed E-state index contributed by atoms with van der Waals surface area (Å²) < 4.78 is 0. The van der Waals surface area contributed by atoms with Crippen molar-refractivity contribution in [2.75, 3.05) is 12.3 Å². The number of rotatable bonds is 7. The van der Waals surface area contributed by atoms with Gasteiger partial charge >= 0.3 is 0 Å². The summed E-state index contributed by atoms with van der Waals surface area (Å²) in [4.78, 5) is 0. The largest absolute Gasteiger partial charge is 0.313 e. The minimum absolute atomic E-state index is 0.715. The Morgan fingerprint density at radius 3 is 2.28 bits per heavy atom. The molecule has 1 aliphatic heterocycles. The zero-order valence-electron chi connectivity index (χ0n) is 12.7. The van der Waals surface area contributed by atoms with E-state index in [4.69, 9.17) is 0 Å². The molecule has 3 heteroatoms. The van der Waals surface area contributed by atoms with Crippen LogP contribution >= 0.6 is 23.5 Å². The summed E-state index contributed by atoms with van der Waals surface area (Å²) in [6.45, 7) is 12.8. The Bertz CT molecular complexity index is 219. The van der Waals surface area contributed by atoms with Crippen LogP contribution in [0.1, 0.15) is 53.9 Å². The molecule has 0 saturated carbocycles. The average molecular weight is 290 g/mol. The Hall–Kier alpha value is 0.660. The summed E-state index contributed by atoms with van der Waals surface area (Å²) in [5, 5.41) is 6.18. The van der Waals surface area contributed by atoms with Crippen molar-refractivity contribution >= 4 is 23.5 Å². The molecule has 4 unspecified atom stereocenters. The lowest BCUT2D eigenvalue weighted by atomic mass is 9.93. The number of nitrogens with one attached hydrogen (secondary N) is 1. The standard InChI is InChI=1S/C15H31NS2/c1-6-13(7-2)9-14(16-8-3)15-10-17-11(4)12(5)18-15/h11-16H,6-10H2,1-5H3. The summed E-state index contributed by atoms with van der Waals surface area (Å²) in [6, 6.07) is 0.715. The molecule has 1 rings (SSSR count). The maximum absolute atomic E-state index is 3.75. The lowest BCUT2D eigenvalue weighted by Gasteiger charge is -2.37. The first-order valence-corrected chi connectivity index (χ1v) is 9.61. The smallest absolute Gasteiger partial charge is 0.0294 e. The highest BCUT2D eigenvalue weighted by molar-refractivity contribution is 8.07.